The van der Waals surface area contributed by atoms with Gasteiger partial charge in [-0.3, -0.25) is 9.52 Å². The van der Waals surface area contributed by atoms with Crippen molar-refractivity contribution in [2.75, 3.05) is 50.0 Å². The first-order valence-corrected chi connectivity index (χ1v) is 19.9. The third kappa shape index (κ3) is 13.4. The molecule has 1 N–H and O–H groups in total. The van der Waals surface area contributed by atoms with Gasteiger partial charge in [0.1, 0.15) is 17.1 Å². The standard InChI is InChI=1S/C33H49N2O5S.CH4O3S/c1-6-10-14-31-32(29-25-27(34-41(5,37)38)17-20-30(29)40-31)33(36)26-15-18-28(19-16-26)39-24-13-23-35(9-4,21-11-7-2)22-12-8-3;1-5(2,3)4/h15-20,25,34H,6-14,21-24H2,1-5H3;1H3,(H,2,3,4)/q+1;/p-1. The van der Waals surface area contributed by atoms with Crippen molar-refractivity contribution in [3.63, 3.8) is 0 Å². The SMILES string of the molecule is CCCCc1oc2ccc(NS(C)(=O)=O)cc2c1C(=O)c1ccc(OCCC[N+](CC)(CCCC)CCCC)cc1.CS(=O)(=O)[O-]. The molecule has 1 heterocycles. The average Bonchev–Trinajstić information content (AvgIpc) is 3.35. The number of fused-ring (bicyclic) bond motifs is 1. The summed E-state index contributed by atoms with van der Waals surface area (Å²) in [6.07, 6.45) is 10.2. The molecule has 0 amide bonds. The molecule has 0 bridgehead atoms. The highest BCUT2D eigenvalue weighted by molar-refractivity contribution is 7.92. The Balaban J connectivity index is 0.00000136. The van der Waals surface area contributed by atoms with Gasteiger partial charge in [0, 0.05) is 35.7 Å². The van der Waals surface area contributed by atoms with Gasteiger partial charge in [-0.05, 0) is 68.7 Å². The van der Waals surface area contributed by atoms with Crippen LogP contribution in [-0.4, -0.2) is 77.0 Å². The van der Waals surface area contributed by atoms with Crippen molar-refractivity contribution in [1.29, 1.82) is 0 Å². The van der Waals surface area contributed by atoms with E-state index in [0.29, 0.717) is 52.8 Å². The van der Waals surface area contributed by atoms with Crippen molar-refractivity contribution in [1.82, 2.24) is 0 Å². The van der Waals surface area contributed by atoms with Crippen molar-refractivity contribution >= 4 is 42.6 Å². The lowest BCUT2D eigenvalue weighted by atomic mass is 9.98. The Kier molecular flexibility index (Phi) is 15.7. The summed E-state index contributed by atoms with van der Waals surface area (Å²) in [6.45, 7) is 14.3. The molecule has 10 nitrogen and oxygen atoms in total. The molecule has 0 spiro atoms. The zero-order valence-corrected chi connectivity index (χ0v) is 29.9. The van der Waals surface area contributed by atoms with Gasteiger partial charge in [0.25, 0.3) is 0 Å². The number of quaternary nitrogens is 1. The Bertz CT molecular complexity index is 1580. The molecular formula is C34H52N2O8S2. The topological polar surface area (TPSA) is 143 Å². The van der Waals surface area contributed by atoms with Crippen LogP contribution in [0.2, 0.25) is 0 Å². The Morgan fingerprint density at radius 3 is 1.93 bits per heavy atom. The van der Waals surface area contributed by atoms with Gasteiger partial charge in [-0.25, -0.2) is 16.8 Å². The molecule has 0 saturated carbocycles. The first kappa shape index (κ1) is 39.2. The molecule has 2 aromatic carbocycles. The molecule has 3 aromatic rings. The summed E-state index contributed by atoms with van der Waals surface area (Å²) in [4.78, 5) is 13.7. The van der Waals surface area contributed by atoms with Gasteiger partial charge in [-0.2, -0.15) is 0 Å². The second-order valence-corrected chi connectivity index (χ2v) is 15.0. The molecule has 1 aromatic heterocycles. The van der Waals surface area contributed by atoms with Gasteiger partial charge in [-0.15, -0.1) is 0 Å². The zero-order valence-electron chi connectivity index (χ0n) is 28.3. The number of carbonyl (C=O) groups excluding carboxylic acids is 1. The molecule has 46 heavy (non-hydrogen) atoms. The van der Waals surface area contributed by atoms with E-state index in [4.69, 9.17) is 22.1 Å². The largest absolute Gasteiger partial charge is 0.748 e. The molecule has 0 radical (unpaired) electrons. The number of rotatable bonds is 19. The van der Waals surface area contributed by atoms with Gasteiger partial charge in [0.05, 0.1) is 54.7 Å². The van der Waals surface area contributed by atoms with E-state index in [9.17, 15) is 13.2 Å². The molecule has 3 rings (SSSR count). The number of benzene rings is 2. The van der Waals surface area contributed by atoms with Crippen LogP contribution < -0.4 is 9.46 Å². The summed E-state index contributed by atoms with van der Waals surface area (Å²) >= 11 is 0. The summed E-state index contributed by atoms with van der Waals surface area (Å²) < 4.78 is 66.6. The monoisotopic (exact) mass is 680 g/mol. The van der Waals surface area contributed by atoms with Gasteiger partial charge in [0.15, 0.2) is 5.78 Å². The highest BCUT2D eigenvalue weighted by Gasteiger charge is 2.24. The fraction of sp³-hybridized carbons (Fsp3) is 0.559. The number of aryl methyl sites for hydroxylation is 1. The van der Waals surface area contributed by atoms with Crippen LogP contribution in [0.1, 0.15) is 94.3 Å². The van der Waals surface area contributed by atoms with Crippen molar-refractivity contribution in [2.24, 2.45) is 0 Å². The van der Waals surface area contributed by atoms with Crippen LogP contribution in [0, 0.1) is 0 Å². The van der Waals surface area contributed by atoms with E-state index in [0.717, 1.165) is 44.4 Å². The number of anilines is 1. The second-order valence-electron chi connectivity index (χ2n) is 11.9. The Morgan fingerprint density at radius 2 is 1.41 bits per heavy atom. The van der Waals surface area contributed by atoms with Crippen LogP contribution in [0.5, 0.6) is 5.75 Å². The maximum absolute atomic E-state index is 13.7. The minimum absolute atomic E-state index is 0.144. The number of nitrogens with zero attached hydrogens (tertiary/aromatic N) is 1. The maximum atomic E-state index is 13.7. The summed E-state index contributed by atoms with van der Waals surface area (Å²) in [5.41, 5.74) is 2.00. The minimum Gasteiger partial charge on any atom is -0.748 e. The molecule has 0 fully saturated rings. The predicted molar refractivity (Wildman–Crippen MR) is 184 cm³/mol. The van der Waals surface area contributed by atoms with Crippen LogP contribution >= 0.6 is 0 Å². The zero-order chi connectivity index (χ0) is 34.4. The van der Waals surface area contributed by atoms with E-state index in [1.165, 1.54) is 43.3 Å². The highest BCUT2D eigenvalue weighted by atomic mass is 32.2. The number of nitrogens with one attached hydrogen (secondary N) is 1. The lowest BCUT2D eigenvalue weighted by Crippen LogP contribution is -2.50. The number of ether oxygens (including phenoxy) is 1. The fourth-order valence-electron chi connectivity index (χ4n) is 5.42. The lowest BCUT2D eigenvalue weighted by molar-refractivity contribution is -0.927. The van der Waals surface area contributed by atoms with Crippen LogP contribution in [0.15, 0.2) is 46.9 Å². The minimum atomic E-state index is -3.92. The van der Waals surface area contributed by atoms with E-state index < -0.39 is 20.1 Å². The first-order valence-electron chi connectivity index (χ1n) is 16.2. The molecule has 0 aliphatic rings. The fourth-order valence-corrected chi connectivity index (χ4v) is 5.98. The van der Waals surface area contributed by atoms with Crippen LogP contribution in [0.4, 0.5) is 5.69 Å². The number of sulfonamides is 1. The quantitative estimate of drug-likeness (QED) is 0.0635. The number of ketones is 1. The van der Waals surface area contributed by atoms with Gasteiger partial charge in [-0.1, -0.05) is 40.0 Å². The summed E-state index contributed by atoms with van der Waals surface area (Å²) in [7, 11) is -7.37. The van der Waals surface area contributed by atoms with E-state index >= 15 is 0 Å². The van der Waals surface area contributed by atoms with E-state index in [1.54, 1.807) is 30.3 Å². The van der Waals surface area contributed by atoms with E-state index in [1.807, 2.05) is 12.1 Å². The van der Waals surface area contributed by atoms with Gasteiger partial charge >= 0.3 is 0 Å². The summed E-state index contributed by atoms with van der Waals surface area (Å²) in [5, 5.41) is 0.610. The smallest absolute Gasteiger partial charge is 0.229 e. The maximum Gasteiger partial charge on any atom is 0.229 e. The summed E-state index contributed by atoms with van der Waals surface area (Å²) in [6, 6.07) is 12.3. The Labute approximate surface area is 275 Å². The molecule has 0 aliphatic carbocycles. The van der Waals surface area contributed by atoms with Crippen LogP contribution in [0.25, 0.3) is 11.0 Å². The molecular weight excluding hydrogens is 629 g/mol. The molecule has 0 unspecified atom stereocenters. The number of hydrogen-bond acceptors (Lipinski definition) is 8. The molecule has 0 aliphatic heterocycles. The molecule has 12 heteroatoms. The first-order chi connectivity index (χ1) is 21.6. The van der Waals surface area contributed by atoms with E-state index in [2.05, 4.69) is 32.4 Å². The number of carbonyl (C=O) groups is 1. The number of hydrogen-bond donors (Lipinski definition) is 1. The molecule has 258 valence electrons. The van der Waals surface area contributed by atoms with Crippen LogP contribution in [-0.2, 0) is 26.6 Å². The van der Waals surface area contributed by atoms with Gasteiger partial charge in [0.2, 0.25) is 10.0 Å². The second kappa shape index (κ2) is 18.4. The lowest BCUT2D eigenvalue weighted by Gasteiger charge is -2.38. The average molecular weight is 681 g/mol. The summed E-state index contributed by atoms with van der Waals surface area (Å²) in [5.74, 6) is 1.24. The Hall–Kier alpha value is -2.93. The van der Waals surface area contributed by atoms with Crippen molar-refractivity contribution in [3.8, 4) is 5.75 Å². The van der Waals surface area contributed by atoms with Crippen LogP contribution in [0.3, 0.4) is 0 Å². The number of furan rings is 1. The number of unbranched alkanes of at least 4 members (excludes halogenated alkanes) is 3. The normalized spacial score (nSPS) is 12.1. The predicted octanol–water partition coefficient (Wildman–Crippen LogP) is 6.75. The van der Waals surface area contributed by atoms with Gasteiger partial charge < -0.3 is 18.2 Å². The van der Waals surface area contributed by atoms with Crippen molar-refractivity contribution < 1.29 is 39.8 Å². The van der Waals surface area contributed by atoms with Crippen molar-refractivity contribution in [3.05, 3.63) is 59.4 Å². The molecule has 0 atom stereocenters. The Morgan fingerprint density at radius 1 is 0.848 bits per heavy atom. The highest BCUT2D eigenvalue weighted by Crippen LogP contribution is 2.32. The van der Waals surface area contributed by atoms with Crippen molar-refractivity contribution in [2.45, 2.75) is 79.1 Å². The third-order valence-electron chi connectivity index (χ3n) is 7.85. The molecule has 0 saturated heterocycles. The van der Waals surface area contributed by atoms with E-state index in [-0.39, 0.29) is 5.78 Å². The third-order valence-corrected chi connectivity index (χ3v) is 8.46.